The summed E-state index contributed by atoms with van der Waals surface area (Å²) >= 11 is 0. The highest BCUT2D eigenvalue weighted by Gasteiger charge is 2.25. The van der Waals surface area contributed by atoms with Crippen LogP contribution in [0, 0.1) is 5.92 Å². The zero-order valence-electron chi connectivity index (χ0n) is 13.3. The second-order valence-electron chi connectivity index (χ2n) is 6.06. The summed E-state index contributed by atoms with van der Waals surface area (Å²) in [4.78, 5) is 14.8. The number of rotatable bonds is 5. The van der Waals surface area contributed by atoms with Gasteiger partial charge in [-0.05, 0) is 44.7 Å². The fraction of sp³-hybridized carbons (Fsp3) is 0.588. The van der Waals surface area contributed by atoms with Crippen LogP contribution in [0.5, 0.6) is 0 Å². The molecule has 1 aliphatic heterocycles. The van der Waals surface area contributed by atoms with E-state index in [0.717, 1.165) is 43.8 Å². The van der Waals surface area contributed by atoms with Crippen molar-refractivity contribution in [3.63, 3.8) is 0 Å². The number of likely N-dealkylation sites (tertiary alicyclic amines) is 1. The molecule has 1 unspecified atom stereocenters. The first kappa shape index (κ1) is 15.8. The maximum absolute atomic E-state index is 12.8. The summed E-state index contributed by atoms with van der Waals surface area (Å²) in [5.41, 5.74) is 1.69. The van der Waals surface area contributed by atoms with Crippen molar-refractivity contribution in [2.75, 3.05) is 32.1 Å². The zero-order valence-corrected chi connectivity index (χ0v) is 13.3. The van der Waals surface area contributed by atoms with E-state index in [1.807, 2.05) is 29.2 Å². The van der Waals surface area contributed by atoms with Gasteiger partial charge in [-0.3, -0.25) is 4.79 Å². The third kappa shape index (κ3) is 4.21. The van der Waals surface area contributed by atoms with E-state index < -0.39 is 0 Å². The number of anilines is 1. The summed E-state index contributed by atoms with van der Waals surface area (Å²) in [6, 6.07) is 8.08. The van der Waals surface area contributed by atoms with Crippen LogP contribution in [0.2, 0.25) is 0 Å². The first-order chi connectivity index (χ1) is 10.1. The third-order valence-electron chi connectivity index (χ3n) is 3.81. The molecule has 1 aromatic rings. The monoisotopic (exact) mass is 290 g/mol. The summed E-state index contributed by atoms with van der Waals surface area (Å²) < 4.78 is 5.24. The summed E-state index contributed by atoms with van der Waals surface area (Å²) in [5, 5.41) is 3.36. The Hall–Kier alpha value is -1.55. The highest BCUT2D eigenvalue weighted by atomic mass is 16.5. The fourth-order valence-electron chi connectivity index (χ4n) is 2.90. The van der Waals surface area contributed by atoms with Gasteiger partial charge in [0.15, 0.2) is 0 Å². The molecule has 4 nitrogen and oxygen atoms in total. The first-order valence-corrected chi connectivity index (χ1v) is 7.75. The van der Waals surface area contributed by atoms with Gasteiger partial charge in [0.25, 0.3) is 5.91 Å². The van der Waals surface area contributed by atoms with E-state index in [2.05, 4.69) is 19.2 Å². The van der Waals surface area contributed by atoms with Crippen LogP contribution in [-0.4, -0.2) is 43.7 Å². The van der Waals surface area contributed by atoms with Crippen LogP contribution in [0.1, 0.15) is 37.0 Å². The summed E-state index contributed by atoms with van der Waals surface area (Å²) in [7, 11) is 1.72. The topological polar surface area (TPSA) is 41.6 Å². The lowest BCUT2D eigenvalue weighted by Gasteiger charge is -2.33. The number of benzene rings is 1. The minimum absolute atomic E-state index is 0.125. The van der Waals surface area contributed by atoms with Crippen LogP contribution in [0.4, 0.5) is 5.69 Å². The van der Waals surface area contributed by atoms with Crippen LogP contribution < -0.4 is 5.32 Å². The molecule has 0 radical (unpaired) electrons. The van der Waals surface area contributed by atoms with E-state index in [9.17, 15) is 4.79 Å². The molecule has 1 heterocycles. The molecule has 1 amide bonds. The highest BCUT2D eigenvalue weighted by molar-refractivity contribution is 5.99. The molecule has 1 N–H and O–H groups in total. The molecule has 0 bridgehead atoms. The van der Waals surface area contributed by atoms with E-state index in [4.69, 9.17) is 4.74 Å². The minimum atomic E-state index is 0.125. The van der Waals surface area contributed by atoms with Crippen LogP contribution in [0.3, 0.4) is 0 Å². The second-order valence-corrected chi connectivity index (χ2v) is 6.06. The largest absolute Gasteiger partial charge is 0.384 e. The number of methoxy groups -OCH3 is 1. The SMILES string of the molecule is COCC1CCCN(C(=O)c2ccccc2NC(C)C)C1. The number of nitrogens with one attached hydrogen (secondary N) is 1. The van der Waals surface area contributed by atoms with Crippen LogP contribution in [0.15, 0.2) is 24.3 Å². The molecule has 1 fully saturated rings. The van der Waals surface area contributed by atoms with Crippen molar-refractivity contribution in [1.29, 1.82) is 0 Å². The van der Waals surface area contributed by atoms with Gasteiger partial charge in [0, 0.05) is 31.9 Å². The van der Waals surface area contributed by atoms with Gasteiger partial charge < -0.3 is 15.0 Å². The molecule has 1 aromatic carbocycles. The van der Waals surface area contributed by atoms with Crippen molar-refractivity contribution in [3.05, 3.63) is 29.8 Å². The average Bonchev–Trinajstić information content (AvgIpc) is 2.47. The van der Waals surface area contributed by atoms with Crippen LogP contribution in [-0.2, 0) is 4.74 Å². The lowest BCUT2D eigenvalue weighted by molar-refractivity contribution is 0.0572. The number of piperidine rings is 1. The number of carbonyl (C=O) groups excluding carboxylic acids is 1. The van der Waals surface area contributed by atoms with Gasteiger partial charge in [0.2, 0.25) is 0 Å². The van der Waals surface area contributed by atoms with Crippen molar-refractivity contribution < 1.29 is 9.53 Å². The molecule has 4 heteroatoms. The normalized spacial score (nSPS) is 18.9. The van der Waals surface area contributed by atoms with Crippen LogP contribution in [0.25, 0.3) is 0 Å². The molecule has 1 atom stereocenters. The van der Waals surface area contributed by atoms with Gasteiger partial charge >= 0.3 is 0 Å². The smallest absolute Gasteiger partial charge is 0.255 e. The Labute approximate surface area is 127 Å². The summed E-state index contributed by atoms with van der Waals surface area (Å²) in [5.74, 6) is 0.581. The minimum Gasteiger partial charge on any atom is -0.384 e. The number of para-hydroxylation sites is 1. The Morgan fingerprint density at radius 3 is 2.90 bits per heavy atom. The van der Waals surface area contributed by atoms with E-state index in [1.165, 1.54) is 0 Å². The van der Waals surface area contributed by atoms with E-state index >= 15 is 0 Å². The van der Waals surface area contributed by atoms with Crippen molar-refractivity contribution in [2.45, 2.75) is 32.7 Å². The Morgan fingerprint density at radius 1 is 1.43 bits per heavy atom. The Balaban J connectivity index is 2.12. The van der Waals surface area contributed by atoms with E-state index in [0.29, 0.717) is 12.0 Å². The number of amides is 1. The van der Waals surface area contributed by atoms with Gasteiger partial charge in [-0.25, -0.2) is 0 Å². The highest BCUT2D eigenvalue weighted by Crippen LogP contribution is 2.23. The molecule has 21 heavy (non-hydrogen) atoms. The lowest BCUT2D eigenvalue weighted by Crippen LogP contribution is -2.41. The molecular weight excluding hydrogens is 264 g/mol. The Bertz CT molecular complexity index is 472. The predicted octanol–water partition coefficient (Wildman–Crippen LogP) is 3.01. The molecular formula is C17H26N2O2. The zero-order chi connectivity index (χ0) is 15.2. The third-order valence-corrected chi connectivity index (χ3v) is 3.81. The Morgan fingerprint density at radius 2 is 2.19 bits per heavy atom. The molecule has 116 valence electrons. The molecule has 1 aliphatic rings. The van der Waals surface area contributed by atoms with Gasteiger partial charge in [-0.1, -0.05) is 12.1 Å². The van der Waals surface area contributed by atoms with Gasteiger partial charge in [0.05, 0.1) is 12.2 Å². The molecule has 0 aromatic heterocycles. The van der Waals surface area contributed by atoms with Crippen molar-refractivity contribution in [3.8, 4) is 0 Å². The fourth-order valence-corrected chi connectivity index (χ4v) is 2.90. The molecule has 2 rings (SSSR count). The lowest BCUT2D eigenvalue weighted by atomic mass is 9.98. The molecule has 1 saturated heterocycles. The molecule has 0 saturated carbocycles. The summed E-state index contributed by atoms with van der Waals surface area (Å²) in [6.45, 7) is 6.53. The van der Waals surface area contributed by atoms with Gasteiger partial charge in [0.1, 0.15) is 0 Å². The number of hydrogen-bond donors (Lipinski definition) is 1. The van der Waals surface area contributed by atoms with E-state index in [1.54, 1.807) is 7.11 Å². The standard InChI is InChI=1S/C17H26N2O2/c1-13(2)18-16-9-5-4-8-15(16)17(20)19-10-6-7-14(11-19)12-21-3/h4-5,8-9,13-14,18H,6-7,10-12H2,1-3H3. The predicted molar refractivity (Wildman–Crippen MR) is 85.7 cm³/mol. The quantitative estimate of drug-likeness (QED) is 0.906. The van der Waals surface area contributed by atoms with Crippen molar-refractivity contribution >= 4 is 11.6 Å². The average molecular weight is 290 g/mol. The molecule has 0 spiro atoms. The number of hydrogen-bond acceptors (Lipinski definition) is 3. The number of carbonyl (C=O) groups is 1. The number of ether oxygens (including phenoxy) is 1. The Kier molecular flexibility index (Phi) is 5.62. The maximum Gasteiger partial charge on any atom is 0.255 e. The first-order valence-electron chi connectivity index (χ1n) is 7.75. The van der Waals surface area contributed by atoms with Gasteiger partial charge in [-0.15, -0.1) is 0 Å². The summed E-state index contributed by atoms with van der Waals surface area (Å²) in [6.07, 6.45) is 2.20. The van der Waals surface area contributed by atoms with Gasteiger partial charge in [-0.2, -0.15) is 0 Å². The second kappa shape index (κ2) is 7.46. The van der Waals surface area contributed by atoms with Crippen molar-refractivity contribution in [2.24, 2.45) is 5.92 Å². The maximum atomic E-state index is 12.8. The van der Waals surface area contributed by atoms with Crippen LogP contribution >= 0.6 is 0 Å². The molecule has 0 aliphatic carbocycles. The van der Waals surface area contributed by atoms with E-state index in [-0.39, 0.29) is 5.91 Å². The number of nitrogens with zero attached hydrogens (tertiary/aromatic N) is 1. The van der Waals surface area contributed by atoms with Crippen molar-refractivity contribution in [1.82, 2.24) is 4.90 Å².